The van der Waals surface area contributed by atoms with E-state index in [1.165, 1.54) is 47.0 Å². The fraction of sp³-hybridized carbons (Fsp3) is 0.304. The number of hydrogen-bond acceptors (Lipinski definition) is 1. The lowest BCUT2D eigenvalue weighted by molar-refractivity contribution is 0.295. The number of fused-ring (bicyclic) bond motifs is 1. The van der Waals surface area contributed by atoms with E-state index in [1.54, 1.807) is 0 Å². The number of unbranched alkanes of at least 4 members (excludes halogenated alkanes) is 1. The molecule has 1 aromatic heterocycles. The number of H-pyrrole nitrogens is 1. The van der Waals surface area contributed by atoms with Crippen LogP contribution in [0.1, 0.15) is 30.4 Å². The fourth-order valence-electron chi connectivity index (χ4n) is 3.83. The zero-order chi connectivity index (χ0) is 17.8. The Morgan fingerprint density at radius 2 is 1.81 bits per heavy atom. The molecule has 1 aliphatic rings. The summed E-state index contributed by atoms with van der Waals surface area (Å²) in [7, 11) is 0. The molecule has 4 rings (SSSR count). The maximum absolute atomic E-state index is 5.98. The van der Waals surface area contributed by atoms with E-state index in [0.717, 1.165) is 31.0 Å². The van der Waals surface area contributed by atoms with Crippen molar-refractivity contribution in [2.24, 2.45) is 0 Å². The Balaban J connectivity index is 0.00000210. The molecule has 2 nitrogen and oxygen atoms in total. The van der Waals surface area contributed by atoms with Crippen molar-refractivity contribution in [2.45, 2.75) is 25.7 Å². The van der Waals surface area contributed by atoms with Gasteiger partial charge < -0.3 is 4.98 Å². The summed E-state index contributed by atoms with van der Waals surface area (Å²) in [5.74, 6) is 0. The van der Waals surface area contributed by atoms with Crippen LogP contribution in [0.4, 0.5) is 0 Å². The number of halogens is 2. The number of nitrogens with zero attached hydrogens (tertiary/aromatic N) is 1. The van der Waals surface area contributed by atoms with Crippen LogP contribution in [0.3, 0.4) is 0 Å². The van der Waals surface area contributed by atoms with Crippen LogP contribution in [0, 0.1) is 0 Å². The molecule has 0 radical (unpaired) electrons. The largest absolute Gasteiger partial charge is 0.361 e. The average molecular weight is 401 g/mol. The summed E-state index contributed by atoms with van der Waals surface area (Å²) in [5, 5.41) is 2.18. The van der Waals surface area contributed by atoms with Crippen molar-refractivity contribution in [3.8, 4) is 0 Å². The maximum atomic E-state index is 5.98. The first-order valence-electron chi connectivity index (χ1n) is 9.52. The van der Waals surface area contributed by atoms with Crippen LogP contribution in [0.25, 0.3) is 16.5 Å². The lowest BCUT2D eigenvalue weighted by atomic mass is 9.99. The molecule has 2 heterocycles. The fourth-order valence-corrected chi connectivity index (χ4v) is 3.96. The van der Waals surface area contributed by atoms with Crippen molar-refractivity contribution in [2.75, 3.05) is 19.6 Å². The molecule has 0 atom stereocenters. The monoisotopic (exact) mass is 400 g/mol. The van der Waals surface area contributed by atoms with Gasteiger partial charge in [0.05, 0.1) is 0 Å². The zero-order valence-corrected chi connectivity index (χ0v) is 17.0. The summed E-state index contributed by atoms with van der Waals surface area (Å²) < 4.78 is 0. The van der Waals surface area contributed by atoms with Gasteiger partial charge in [-0.2, -0.15) is 0 Å². The summed E-state index contributed by atoms with van der Waals surface area (Å²) in [6.07, 6.45) is 9.34. The molecule has 0 bridgehead atoms. The van der Waals surface area contributed by atoms with Crippen molar-refractivity contribution in [3.63, 3.8) is 0 Å². The summed E-state index contributed by atoms with van der Waals surface area (Å²) in [5.41, 5.74) is 5.47. The van der Waals surface area contributed by atoms with Gasteiger partial charge in [0, 0.05) is 35.2 Å². The number of hydrogen-bond donors (Lipinski definition) is 1. The Labute approximate surface area is 172 Å². The van der Waals surface area contributed by atoms with Crippen LogP contribution in [-0.2, 0) is 6.42 Å². The van der Waals surface area contributed by atoms with Crippen molar-refractivity contribution >= 4 is 40.5 Å². The number of para-hydroxylation sites is 1. The standard InChI is InChI=1S/C23H25ClN2.ClH/c24-21-10-8-18(9-11-21)19-12-15-26(16-13-19)14-4-3-5-20-17-25-23-7-2-1-6-22(20)23;/h1-2,6-12,17,25H,3-5,13-16H2;1H. The third-order valence-electron chi connectivity index (χ3n) is 5.35. The highest BCUT2D eigenvalue weighted by atomic mass is 35.5. The smallest absolute Gasteiger partial charge is 0.0456 e. The molecule has 142 valence electrons. The van der Waals surface area contributed by atoms with E-state index in [1.807, 2.05) is 12.1 Å². The van der Waals surface area contributed by atoms with Gasteiger partial charge in [0.2, 0.25) is 0 Å². The van der Waals surface area contributed by atoms with Crippen LogP contribution < -0.4 is 0 Å². The van der Waals surface area contributed by atoms with Crippen molar-refractivity contribution < 1.29 is 0 Å². The first-order valence-corrected chi connectivity index (χ1v) is 9.90. The molecule has 0 amide bonds. The Kier molecular flexibility index (Phi) is 7.01. The number of aromatic nitrogens is 1. The number of benzene rings is 2. The molecule has 2 aromatic carbocycles. The van der Waals surface area contributed by atoms with E-state index in [-0.39, 0.29) is 12.4 Å². The molecule has 0 spiro atoms. The van der Waals surface area contributed by atoms with Gasteiger partial charge in [-0.05, 0) is 67.1 Å². The van der Waals surface area contributed by atoms with E-state index in [2.05, 4.69) is 58.6 Å². The molecule has 3 aromatic rings. The minimum absolute atomic E-state index is 0. The summed E-state index contributed by atoms with van der Waals surface area (Å²) in [6, 6.07) is 16.8. The Morgan fingerprint density at radius 1 is 1.00 bits per heavy atom. The lowest BCUT2D eigenvalue weighted by Gasteiger charge is -2.26. The predicted molar refractivity (Wildman–Crippen MR) is 119 cm³/mol. The number of aryl methyl sites for hydroxylation is 1. The number of rotatable bonds is 6. The minimum atomic E-state index is 0. The van der Waals surface area contributed by atoms with E-state index in [9.17, 15) is 0 Å². The quantitative estimate of drug-likeness (QED) is 0.477. The maximum Gasteiger partial charge on any atom is 0.0456 e. The predicted octanol–water partition coefficient (Wildman–Crippen LogP) is 6.36. The first kappa shape index (κ1) is 20.0. The van der Waals surface area contributed by atoms with Gasteiger partial charge in [0.1, 0.15) is 0 Å². The summed E-state index contributed by atoms with van der Waals surface area (Å²) in [6.45, 7) is 3.40. The average Bonchev–Trinajstić information content (AvgIpc) is 3.10. The molecular weight excluding hydrogens is 375 g/mol. The topological polar surface area (TPSA) is 19.0 Å². The van der Waals surface area contributed by atoms with E-state index in [4.69, 9.17) is 11.6 Å². The second-order valence-corrected chi connectivity index (χ2v) is 7.54. The van der Waals surface area contributed by atoms with Crippen LogP contribution in [0.15, 0.2) is 60.8 Å². The van der Waals surface area contributed by atoms with E-state index >= 15 is 0 Å². The van der Waals surface area contributed by atoms with Gasteiger partial charge in [-0.15, -0.1) is 12.4 Å². The van der Waals surface area contributed by atoms with Gasteiger partial charge in [0.15, 0.2) is 0 Å². The van der Waals surface area contributed by atoms with Gasteiger partial charge >= 0.3 is 0 Å². The van der Waals surface area contributed by atoms with E-state index in [0.29, 0.717) is 0 Å². The first-order chi connectivity index (χ1) is 12.8. The zero-order valence-electron chi connectivity index (χ0n) is 15.5. The molecule has 1 aliphatic heterocycles. The molecule has 0 fully saturated rings. The molecule has 0 saturated carbocycles. The molecule has 0 saturated heterocycles. The summed E-state index contributed by atoms with van der Waals surface area (Å²) >= 11 is 5.98. The minimum Gasteiger partial charge on any atom is -0.361 e. The Hall–Kier alpha value is -1.74. The third kappa shape index (κ3) is 4.95. The molecular formula is C23H26Cl2N2. The Morgan fingerprint density at radius 3 is 2.59 bits per heavy atom. The third-order valence-corrected chi connectivity index (χ3v) is 5.61. The van der Waals surface area contributed by atoms with Crippen molar-refractivity contribution in [3.05, 3.63) is 77.0 Å². The highest BCUT2D eigenvalue weighted by molar-refractivity contribution is 6.30. The summed E-state index contributed by atoms with van der Waals surface area (Å²) in [4.78, 5) is 5.94. The molecule has 0 aliphatic carbocycles. The van der Waals surface area contributed by atoms with Crippen molar-refractivity contribution in [1.82, 2.24) is 9.88 Å². The molecule has 27 heavy (non-hydrogen) atoms. The number of aromatic amines is 1. The number of nitrogens with one attached hydrogen (secondary N) is 1. The van der Waals surface area contributed by atoms with Gasteiger partial charge in [-0.25, -0.2) is 0 Å². The van der Waals surface area contributed by atoms with Crippen LogP contribution in [-0.4, -0.2) is 29.5 Å². The van der Waals surface area contributed by atoms with Crippen LogP contribution in [0.5, 0.6) is 0 Å². The highest BCUT2D eigenvalue weighted by Crippen LogP contribution is 2.24. The second kappa shape index (κ2) is 9.45. The van der Waals surface area contributed by atoms with E-state index < -0.39 is 0 Å². The molecule has 4 heteroatoms. The van der Waals surface area contributed by atoms with Gasteiger partial charge in [-0.3, -0.25) is 4.90 Å². The van der Waals surface area contributed by atoms with Gasteiger partial charge in [-0.1, -0.05) is 48.0 Å². The lowest BCUT2D eigenvalue weighted by Crippen LogP contribution is -2.29. The molecule has 0 unspecified atom stereocenters. The molecule has 1 N–H and O–H groups in total. The van der Waals surface area contributed by atoms with Crippen molar-refractivity contribution in [1.29, 1.82) is 0 Å². The van der Waals surface area contributed by atoms with Crippen LogP contribution in [0.2, 0.25) is 5.02 Å². The Bertz CT molecular complexity index is 896. The second-order valence-electron chi connectivity index (χ2n) is 7.10. The van der Waals surface area contributed by atoms with Gasteiger partial charge in [0.25, 0.3) is 0 Å². The highest BCUT2D eigenvalue weighted by Gasteiger charge is 2.12. The normalized spacial score (nSPS) is 14.8. The SMILES string of the molecule is Cl.Clc1ccc(C2=CCN(CCCCc3c[nH]c4ccccc34)CC2)cc1. The van der Waals surface area contributed by atoms with Crippen LogP contribution >= 0.6 is 24.0 Å².